The number of carbonyl (C=O) groups is 8. The van der Waals surface area contributed by atoms with E-state index in [9.17, 15) is 48.6 Å². The highest BCUT2D eigenvalue weighted by molar-refractivity contribution is 5.98. The quantitative estimate of drug-likeness (QED) is 0.0608. The fourth-order valence-corrected chi connectivity index (χ4v) is 5.27. The number of phenolic OH excluding ortho intramolecular Hbond substituents is 1. The molecule has 2 aromatic carbocycles. The summed E-state index contributed by atoms with van der Waals surface area (Å²) in [5, 5.41) is 33.9. The molecule has 0 radical (unpaired) electrons. The number of amides is 7. The van der Waals surface area contributed by atoms with Gasteiger partial charge in [0.15, 0.2) is 0 Å². The van der Waals surface area contributed by atoms with E-state index in [0.717, 1.165) is 0 Å². The van der Waals surface area contributed by atoms with E-state index in [1.807, 2.05) is 0 Å². The lowest BCUT2D eigenvalue weighted by Gasteiger charge is -2.29. The molecule has 2 aromatic rings. The first-order valence-electron chi connectivity index (χ1n) is 17.9. The number of nitrogens with two attached hydrogens (primary N) is 3. The first kappa shape index (κ1) is 45.9. The number of nitrogens with one attached hydrogen (secondary N) is 6. The number of primary amides is 1. The second-order valence-corrected chi connectivity index (χ2v) is 14.0. The summed E-state index contributed by atoms with van der Waals surface area (Å²) in [6.07, 6.45) is -0.965. The van der Waals surface area contributed by atoms with Crippen molar-refractivity contribution in [3.05, 3.63) is 59.7 Å². The number of carboxylic acids is 1. The average molecular weight is 784 g/mol. The summed E-state index contributed by atoms with van der Waals surface area (Å²) >= 11 is 0. The van der Waals surface area contributed by atoms with E-state index >= 15 is 0 Å². The first-order valence-corrected chi connectivity index (χ1v) is 17.9. The van der Waals surface area contributed by atoms with Crippen LogP contribution in [0.3, 0.4) is 0 Å². The van der Waals surface area contributed by atoms with Crippen molar-refractivity contribution in [1.82, 2.24) is 31.9 Å². The summed E-state index contributed by atoms with van der Waals surface area (Å²) in [4.78, 5) is 103. The Morgan fingerprint density at radius 2 is 1.09 bits per heavy atom. The molecule has 7 amide bonds. The van der Waals surface area contributed by atoms with E-state index < -0.39 is 108 Å². The zero-order valence-corrected chi connectivity index (χ0v) is 32.0. The van der Waals surface area contributed by atoms with Gasteiger partial charge in [-0.2, -0.15) is 0 Å². The normalized spacial score (nSPS) is 14.2. The number of benzene rings is 2. The molecule has 0 bridgehead atoms. The van der Waals surface area contributed by atoms with E-state index in [1.54, 1.807) is 64.1 Å². The van der Waals surface area contributed by atoms with E-state index in [2.05, 4.69) is 31.9 Å². The van der Waals surface area contributed by atoms with Gasteiger partial charge in [-0.05, 0) is 60.6 Å². The Hall–Kier alpha value is -6.24. The highest BCUT2D eigenvalue weighted by Gasteiger charge is 2.35. The van der Waals surface area contributed by atoms with Gasteiger partial charge in [-0.15, -0.1) is 0 Å². The Bertz CT molecular complexity index is 1720. The Morgan fingerprint density at radius 3 is 1.62 bits per heavy atom. The monoisotopic (exact) mass is 783 g/mol. The standard InChI is InChI=1S/C37H53N9O10/c1-18(2)30(36(55)41-17-28(40)48)46-37(56)31(19(3)4)45-35(54)27(16-29(49)50)44-34(53)26(15-22-6-10-23(38)11-7-22)43-32(51)20(5)42-33(52)25(39)14-21-8-12-24(47)13-9-21/h6-13,18-20,25-27,30-31,47H,14-17,38-39H2,1-5H3,(H2,40,48)(H,41,55)(H,42,52)(H,43,51)(H,44,53)(H,45,54)(H,46,56)(H,49,50)/t20-,25+,26+,27+,30+,31+/m1/s1. The summed E-state index contributed by atoms with van der Waals surface area (Å²) in [5.74, 6) is -8.27. The maximum absolute atomic E-state index is 13.8. The zero-order chi connectivity index (χ0) is 42.3. The predicted molar refractivity (Wildman–Crippen MR) is 204 cm³/mol. The molecule has 19 nitrogen and oxygen atoms in total. The molecule has 0 aliphatic rings. The van der Waals surface area contributed by atoms with Crippen LogP contribution in [0.5, 0.6) is 5.75 Å². The number of nitrogen functional groups attached to an aromatic ring is 1. The van der Waals surface area contributed by atoms with Crippen LogP contribution in [-0.4, -0.2) is 100 Å². The van der Waals surface area contributed by atoms with Gasteiger partial charge in [0, 0.05) is 12.1 Å². The molecular weight excluding hydrogens is 730 g/mol. The van der Waals surface area contributed by atoms with Crippen LogP contribution in [-0.2, 0) is 51.2 Å². The molecule has 0 aromatic heterocycles. The lowest BCUT2D eigenvalue weighted by Crippen LogP contribution is -2.61. The molecule has 6 atom stereocenters. The molecule has 0 aliphatic heterocycles. The van der Waals surface area contributed by atoms with Crippen LogP contribution in [0.2, 0.25) is 0 Å². The van der Waals surface area contributed by atoms with Crippen molar-refractivity contribution >= 4 is 53.0 Å². The SMILES string of the molecule is CC(C)[C@H](NC(=O)[C@H](CC(=O)O)NC(=O)[C@H](Cc1ccc(N)cc1)NC(=O)[C@@H](C)NC(=O)[C@@H](N)Cc1ccc(O)cc1)C(=O)N[C@H](C(=O)NCC(N)=O)C(C)C. The van der Waals surface area contributed by atoms with Crippen LogP contribution in [0.25, 0.3) is 0 Å². The fraction of sp³-hybridized carbons (Fsp3) is 0.459. The summed E-state index contributed by atoms with van der Waals surface area (Å²) in [6, 6.07) is 4.53. The van der Waals surface area contributed by atoms with Crippen molar-refractivity contribution in [1.29, 1.82) is 0 Å². The van der Waals surface area contributed by atoms with Gasteiger partial charge in [-0.1, -0.05) is 52.0 Å². The minimum atomic E-state index is -1.74. The minimum Gasteiger partial charge on any atom is -0.508 e. The van der Waals surface area contributed by atoms with Gasteiger partial charge < -0.3 is 59.3 Å². The lowest BCUT2D eigenvalue weighted by atomic mass is 9.99. The molecule has 0 saturated carbocycles. The maximum Gasteiger partial charge on any atom is 0.305 e. The second kappa shape index (κ2) is 21.6. The van der Waals surface area contributed by atoms with E-state index in [4.69, 9.17) is 17.2 Å². The smallest absolute Gasteiger partial charge is 0.305 e. The molecule has 2 rings (SSSR count). The lowest BCUT2D eigenvalue weighted by molar-refractivity contribution is -0.141. The Balaban J connectivity index is 2.26. The average Bonchev–Trinajstić information content (AvgIpc) is 3.12. The van der Waals surface area contributed by atoms with E-state index in [0.29, 0.717) is 16.8 Å². The van der Waals surface area contributed by atoms with Crippen LogP contribution < -0.4 is 49.1 Å². The Kier molecular flexibility index (Phi) is 17.7. The number of hydrogen-bond donors (Lipinski definition) is 11. The van der Waals surface area contributed by atoms with Crippen LogP contribution in [0, 0.1) is 11.8 Å². The van der Waals surface area contributed by atoms with Crippen LogP contribution in [0.1, 0.15) is 52.2 Å². The van der Waals surface area contributed by atoms with Crippen molar-refractivity contribution < 1.29 is 48.6 Å². The number of rotatable bonds is 21. The molecule has 0 saturated heterocycles. The van der Waals surface area contributed by atoms with Crippen LogP contribution in [0.15, 0.2) is 48.5 Å². The van der Waals surface area contributed by atoms with Crippen molar-refractivity contribution in [2.45, 2.75) is 90.1 Å². The topological polar surface area (TPSA) is 327 Å². The van der Waals surface area contributed by atoms with E-state index in [1.165, 1.54) is 19.1 Å². The van der Waals surface area contributed by atoms with Gasteiger partial charge in [-0.25, -0.2) is 0 Å². The Morgan fingerprint density at radius 1 is 0.607 bits per heavy atom. The van der Waals surface area contributed by atoms with Crippen molar-refractivity contribution in [3.8, 4) is 5.75 Å². The fourth-order valence-electron chi connectivity index (χ4n) is 5.27. The molecule has 0 spiro atoms. The van der Waals surface area contributed by atoms with Crippen LogP contribution in [0.4, 0.5) is 5.69 Å². The number of phenols is 1. The third-order valence-corrected chi connectivity index (χ3v) is 8.48. The van der Waals surface area contributed by atoms with Gasteiger partial charge in [-0.3, -0.25) is 38.4 Å². The predicted octanol–water partition coefficient (Wildman–Crippen LogP) is -2.08. The van der Waals surface area contributed by atoms with Gasteiger partial charge in [0.2, 0.25) is 41.4 Å². The molecule has 306 valence electrons. The summed E-state index contributed by atoms with van der Waals surface area (Å²) < 4.78 is 0. The number of aliphatic carboxylic acids is 1. The zero-order valence-electron chi connectivity index (χ0n) is 32.0. The summed E-state index contributed by atoms with van der Waals surface area (Å²) in [6.45, 7) is 7.35. The van der Waals surface area contributed by atoms with Crippen molar-refractivity contribution in [3.63, 3.8) is 0 Å². The third-order valence-electron chi connectivity index (χ3n) is 8.48. The molecule has 0 heterocycles. The van der Waals surface area contributed by atoms with Crippen molar-refractivity contribution in [2.24, 2.45) is 23.3 Å². The van der Waals surface area contributed by atoms with Gasteiger partial charge in [0.05, 0.1) is 19.0 Å². The Labute approximate surface area is 324 Å². The maximum atomic E-state index is 13.8. The molecule has 0 fully saturated rings. The second-order valence-electron chi connectivity index (χ2n) is 14.0. The number of aromatic hydroxyl groups is 1. The number of anilines is 1. The highest BCUT2D eigenvalue weighted by atomic mass is 16.4. The number of carbonyl (C=O) groups excluding carboxylic acids is 7. The highest BCUT2D eigenvalue weighted by Crippen LogP contribution is 2.13. The minimum absolute atomic E-state index is 0.0367. The van der Waals surface area contributed by atoms with Gasteiger partial charge in [0.25, 0.3) is 0 Å². The molecule has 0 aliphatic carbocycles. The van der Waals surface area contributed by atoms with Crippen LogP contribution >= 0.6 is 0 Å². The molecule has 19 heteroatoms. The third kappa shape index (κ3) is 15.2. The summed E-state index contributed by atoms with van der Waals surface area (Å²) in [7, 11) is 0. The molecule has 14 N–H and O–H groups in total. The molecule has 0 unspecified atom stereocenters. The van der Waals surface area contributed by atoms with E-state index in [-0.39, 0.29) is 18.6 Å². The number of carboxylic acid groups (broad SMARTS) is 1. The molecule has 56 heavy (non-hydrogen) atoms. The first-order chi connectivity index (χ1) is 26.2. The molecular formula is C37H53N9O10. The van der Waals surface area contributed by atoms with Crippen molar-refractivity contribution in [2.75, 3.05) is 12.3 Å². The van der Waals surface area contributed by atoms with Gasteiger partial charge in [0.1, 0.15) is 36.0 Å². The largest absolute Gasteiger partial charge is 0.508 e. The van der Waals surface area contributed by atoms with Gasteiger partial charge >= 0.3 is 5.97 Å². The summed E-state index contributed by atoms with van der Waals surface area (Å²) in [5.41, 5.74) is 18.5. The number of hydrogen-bond acceptors (Lipinski definition) is 11.